The molecule has 0 spiro atoms. The lowest BCUT2D eigenvalue weighted by molar-refractivity contribution is -0.130. The minimum Gasteiger partial charge on any atom is -0.504 e. The Morgan fingerprint density at radius 2 is 1.87 bits per heavy atom. The number of phenols is 1. The van der Waals surface area contributed by atoms with E-state index >= 15 is 0 Å². The van der Waals surface area contributed by atoms with Gasteiger partial charge in [0.2, 0.25) is 12.5 Å². The number of fused-ring (bicyclic) bond motifs is 1. The number of carbonyl (C=O) groups is 1. The predicted molar refractivity (Wildman–Crippen MR) is 82.1 cm³/mol. The van der Waals surface area contributed by atoms with Gasteiger partial charge >= 0.3 is 5.97 Å². The Bertz CT molecular complexity index is 779. The molecule has 118 valence electrons. The molecule has 23 heavy (non-hydrogen) atoms. The number of ether oxygens (including phenoxy) is 3. The number of aliphatic carboxylic acids is 1. The van der Waals surface area contributed by atoms with E-state index in [4.69, 9.17) is 14.2 Å². The predicted octanol–water partition coefficient (Wildman–Crippen LogP) is 2.72. The average molecular weight is 314 g/mol. The van der Waals surface area contributed by atoms with Crippen LogP contribution in [0.3, 0.4) is 0 Å². The van der Waals surface area contributed by atoms with Crippen LogP contribution in [0.2, 0.25) is 0 Å². The van der Waals surface area contributed by atoms with Gasteiger partial charge in [0.15, 0.2) is 11.5 Å². The molecule has 0 unspecified atom stereocenters. The van der Waals surface area contributed by atoms with Crippen LogP contribution in [0.15, 0.2) is 42.5 Å². The first kappa shape index (κ1) is 14.8. The van der Waals surface area contributed by atoms with Crippen LogP contribution in [0.5, 0.6) is 17.2 Å². The molecule has 0 amide bonds. The van der Waals surface area contributed by atoms with Gasteiger partial charge in [0.25, 0.3) is 0 Å². The molecule has 0 saturated carbocycles. The zero-order valence-electron chi connectivity index (χ0n) is 12.3. The monoisotopic (exact) mass is 314 g/mol. The summed E-state index contributed by atoms with van der Waals surface area (Å²) in [7, 11) is 1.40. The Hall–Kier alpha value is -3.15. The van der Waals surface area contributed by atoms with Crippen molar-refractivity contribution in [3.8, 4) is 17.2 Å². The van der Waals surface area contributed by atoms with E-state index in [9.17, 15) is 15.0 Å². The zero-order valence-corrected chi connectivity index (χ0v) is 12.3. The molecule has 6 nitrogen and oxygen atoms in total. The first-order valence-electron chi connectivity index (χ1n) is 6.82. The standard InChI is InChI=1S/C17H14O6/c1-21-16-12(18)8-7-11-14(22-9-23-15(11)16)13(17(19)20)10-5-3-2-4-6-10/h2-8,18H,9H2,1H3,(H,19,20)/b14-13-. The van der Waals surface area contributed by atoms with Gasteiger partial charge < -0.3 is 24.4 Å². The average Bonchev–Trinajstić information content (AvgIpc) is 2.56. The van der Waals surface area contributed by atoms with Crippen molar-refractivity contribution in [1.29, 1.82) is 0 Å². The van der Waals surface area contributed by atoms with E-state index in [0.717, 1.165) is 0 Å². The first-order chi connectivity index (χ1) is 11.1. The van der Waals surface area contributed by atoms with Crippen LogP contribution >= 0.6 is 0 Å². The number of carboxylic acids is 1. The third-order valence-corrected chi connectivity index (χ3v) is 3.45. The molecular weight excluding hydrogens is 300 g/mol. The summed E-state index contributed by atoms with van der Waals surface area (Å²) in [6.45, 7) is -0.175. The molecule has 1 aliphatic rings. The lowest BCUT2D eigenvalue weighted by Gasteiger charge is -2.24. The number of carboxylic acid groups (broad SMARTS) is 1. The number of rotatable bonds is 3. The fourth-order valence-electron chi connectivity index (χ4n) is 2.46. The van der Waals surface area contributed by atoms with Crippen LogP contribution in [-0.2, 0) is 9.53 Å². The molecule has 0 fully saturated rings. The second-order valence-corrected chi connectivity index (χ2v) is 4.78. The van der Waals surface area contributed by atoms with Gasteiger partial charge in [-0.15, -0.1) is 0 Å². The molecular formula is C17H14O6. The summed E-state index contributed by atoms with van der Waals surface area (Å²) in [4.78, 5) is 11.8. The van der Waals surface area contributed by atoms with E-state index in [1.165, 1.54) is 19.2 Å². The van der Waals surface area contributed by atoms with Gasteiger partial charge in [0.1, 0.15) is 11.3 Å². The largest absolute Gasteiger partial charge is 0.504 e. The smallest absolute Gasteiger partial charge is 0.340 e. The highest BCUT2D eigenvalue weighted by Gasteiger charge is 2.28. The van der Waals surface area contributed by atoms with Crippen LogP contribution in [-0.4, -0.2) is 30.1 Å². The van der Waals surface area contributed by atoms with Crippen molar-refractivity contribution in [2.75, 3.05) is 13.9 Å². The third-order valence-electron chi connectivity index (χ3n) is 3.45. The summed E-state index contributed by atoms with van der Waals surface area (Å²) in [6.07, 6.45) is 0. The molecule has 1 aliphatic heterocycles. The van der Waals surface area contributed by atoms with Gasteiger partial charge in [-0.05, 0) is 17.7 Å². The molecule has 3 rings (SSSR count). The molecule has 0 aromatic heterocycles. The van der Waals surface area contributed by atoms with E-state index in [2.05, 4.69) is 0 Å². The highest BCUT2D eigenvalue weighted by atomic mass is 16.7. The maximum atomic E-state index is 11.8. The van der Waals surface area contributed by atoms with Gasteiger partial charge in [-0.3, -0.25) is 0 Å². The molecule has 0 saturated heterocycles. The second-order valence-electron chi connectivity index (χ2n) is 4.78. The van der Waals surface area contributed by atoms with Gasteiger partial charge in [-0.2, -0.15) is 0 Å². The van der Waals surface area contributed by atoms with E-state index in [1.54, 1.807) is 30.3 Å². The Morgan fingerprint density at radius 1 is 1.13 bits per heavy atom. The van der Waals surface area contributed by atoms with Crippen molar-refractivity contribution in [3.63, 3.8) is 0 Å². The van der Waals surface area contributed by atoms with Crippen LogP contribution in [0, 0.1) is 0 Å². The Morgan fingerprint density at radius 3 is 2.52 bits per heavy atom. The Labute approximate surface area is 132 Å². The molecule has 0 aliphatic carbocycles. The zero-order chi connectivity index (χ0) is 16.4. The summed E-state index contributed by atoms with van der Waals surface area (Å²) in [6, 6.07) is 11.6. The van der Waals surface area contributed by atoms with Crippen LogP contribution in [0.25, 0.3) is 11.3 Å². The maximum Gasteiger partial charge on any atom is 0.340 e. The lowest BCUT2D eigenvalue weighted by atomic mass is 9.99. The third kappa shape index (κ3) is 2.55. The second kappa shape index (κ2) is 5.92. The highest BCUT2D eigenvalue weighted by Crippen LogP contribution is 2.46. The van der Waals surface area contributed by atoms with Crippen molar-refractivity contribution < 1.29 is 29.2 Å². The topological polar surface area (TPSA) is 85.2 Å². The van der Waals surface area contributed by atoms with Crippen molar-refractivity contribution in [3.05, 3.63) is 53.6 Å². The minimum atomic E-state index is -1.12. The lowest BCUT2D eigenvalue weighted by Crippen LogP contribution is -2.15. The number of benzene rings is 2. The first-order valence-corrected chi connectivity index (χ1v) is 6.82. The number of hydrogen-bond donors (Lipinski definition) is 2. The van der Waals surface area contributed by atoms with Crippen LogP contribution in [0.4, 0.5) is 0 Å². The maximum absolute atomic E-state index is 11.8. The molecule has 2 aromatic rings. The number of hydrogen-bond acceptors (Lipinski definition) is 5. The van der Waals surface area contributed by atoms with E-state index in [1.807, 2.05) is 0 Å². The van der Waals surface area contributed by atoms with Gasteiger partial charge in [0.05, 0.1) is 12.7 Å². The molecule has 2 N–H and O–H groups in total. The molecule has 2 aromatic carbocycles. The Balaban J connectivity index is 2.27. The summed E-state index contributed by atoms with van der Waals surface area (Å²) >= 11 is 0. The van der Waals surface area contributed by atoms with Crippen molar-refractivity contribution in [2.45, 2.75) is 0 Å². The summed E-state index contributed by atoms with van der Waals surface area (Å²) in [5.41, 5.74) is 0.935. The number of phenolic OH excluding ortho intramolecular Hbond substituents is 1. The normalized spacial score (nSPS) is 15.0. The van der Waals surface area contributed by atoms with E-state index < -0.39 is 5.97 Å². The molecule has 1 heterocycles. The SMILES string of the molecule is COc1c(O)ccc2c1OCO/C2=C(\C(=O)O)c1ccccc1. The Kier molecular flexibility index (Phi) is 3.80. The summed E-state index contributed by atoms with van der Waals surface area (Å²) < 4.78 is 16.0. The van der Waals surface area contributed by atoms with Crippen molar-refractivity contribution >= 4 is 17.3 Å². The van der Waals surface area contributed by atoms with Crippen LogP contribution in [0.1, 0.15) is 11.1 Å². The van der Waals surface area contributed by atoms with Gasteiger partial charge in [-0.25, -0.2) is 4.79 Å². The van der Waals surface area contributed by atoms with Crippen molar-refractivity contribution in [2.24, 2.45) is 0 Å². The summed E-state index contributed by atoms with van der Waals surface area (Å²) in [5, 5.41) is 19.5. The minimum absolute atomic E-state index is 0.0166. The molecule has 0 radical (unpaired) electrons. The fourth-order valence-corrected chi connectivity index (χ4v) is 2.46. The number of methoxy groups -OCH3 is 1. The summed E-state index contributed by atoms with van der Waals surface area (Å²) in [5.74, 6) is -0.650. The van der Waals surface area contributed by atoms with E-state index in [0.29, 0.717) is 11.1 Å². The molecule has 6 heteroatoms. The number of aromatic hydroxyl groups is 1. The van der Waals surface area contributed by atoms with Gasteiger partial charge in [0, 0.05) is 0 Å². The molecule has 0 atom stereocenters. The fraction of sp³-hybridized carbons (Fsp3) is 0.118. The van der Waals surface area contributed by atoms with E-state index in [-0.39, 0.29) is 35.4 Å². The molecule has 0 bridgehead atoms. The van der Waals surface area contributed by atoms with Crippen molar-refractivity contribution in [1.82, 2.24) is 0 Å². The van der Waals surface area contributed by atoms with Gasteiger partial charge in [-0.1, -0.05) is 30.3 Å². The quantitative estimate of drug-likeness (QED) is 0.847. The highest BCUT2D eigenvalue weighted by molar-refractivity contribution is 6.23. The van der Waals surface area contributed by atoms with Crippen LogP contribution < -0.4 is 9.47 Å².